The number of carboxylic acid groups (broad SMARTS) is 1. The molecule has 1 aromatic carbocycles. The molecule has 6 N–H and O–H groups in total. The Morgan fingerprint density at radius 3 is 2.48 bits per heavy atom. The first-order valence-corrected chi connectivity index (χ1v) is 8.86. The van der Waals surface area contributed by atoms with E-state index in [1.807, 2.05) is 6.92 Å². The number of rotatable bonds is 8. The van der Waals surface area contributed by atoms with Crippen LogP contribution in [0.2, 0.25) is 0 Å². The molecule has 5 atom stereocenters. The molecule has 1 unspecified atom stereocenters. The van der Waals surface area contributed by atoms with Crippen LogP contribution >= 0.6 is 0 Å². The van der Waals surface area contributed by atoms with Crippen LogP contribution in [0.5, 0.6) is 11.5 Å². The molecule has 1 saturated heterocycles. The van der Waals surface area contributed by atoms with E-state index in [2.05, 4.69) is 0 Å². The number of phenolic OH excluding ortho intramolecular Hbond substituents is 1. The largest absolute Gasteiger partial charge is 0.508 e. The summed E-state index contributed by atoms with van der Waals surface area (Å²) in [6.45, 7) is 1.37. The number of aryl methyl sites for hydroxylation is 1. The molecule has 0 spiro atoms. The molecule has 1 aliphatic heterocycles. The van der Waals surface area contributed by atoms with Crippen molar-refractivity contribution in [3.8, 4) is 11.5 Å². The van der Waals surface area contributed by atoms with Gasteiger partial charge in [0.05, 0.1) is 18.6 Å². The maximum atomic E-state index is 11.8. The van der Waals surface area contributed by atoms with E-state index < -0.39 is 43.3 Å². The number of benzene rings is 1. The molecule has 2 rings (SSSR count). The molecule has 9 nitrogen and oxygen atoms in total. The van der Waals surface area contributed by atoms with Crippen LogP contribution in [0.15, 0.2) is 12.1 Å². The van der Waals surface area contributed by atoms with E-state index >= 15 is 0 Å². The maximum Gasteiger partial charge on any atom is 0.339 e. The standard InChI is InChI=1S/C18H26O9/c1-2-3-4-5-9-6-10(20)7-12(13(9)16(23)24)26-18-11(8-19)14(21)15(22)17(25)27-18/h6-7,11,14-15,17-22,25H,2-5,8H2,1H3,(H,23,24)/t11-,14-,15+,17+,18?/m1/s1. The molecule has 1 aromatic rings. The SMILES string of the molecule is CCCCCc1cc(O)cc(OC2O[C@H](O)[C@@H](O)[C@H](O)[C@H]2CO)c1C(=O)O. The average Bonchev–Trinajstić information content (AvgIpc) is 2.59. The van der Waals surface area contributed by atoms with Crippen molar-refractivity contribution in [2.45, 2.75) is 57.4 Å². The summed E-state index contributed by atoms with van der Waals surface area (Å²) in [6.07, 6.45) is -3.42. The van der Waals surface area contributed by atoms with Crippen LogP contribution in [0.1, 0.15) is 42.1 Å². The number of aliphatic hydroxyl groups is 4. The lowest BCUT2D eigenvalue weighted by Crippen LogP contribution is -2.57. The van der Waals surface area contributed by atoms with Crippen molar-refractivity contribution in [1.82, 2.24) is 0 Å². The third-order valence-corrected chi connectivity index (χ3v) is 4.59. The first kappa shape index (κ1) is 21.4. The topological polar surface area (TPSA) is 157 Å². The van der Waals surface area contributed by atoms with Gasteiger partial charge in [-0.3, -0.25) is 0 Å². The molecule has 0 radical (unpaired) electrons. The van der Waals surface area contributed by atoms with Gasteiger partial charge in [0.1, 0.15) is 23.2 Å². The molecular formula is C18H26O9. The fourth-order valence-corrected chi connectivity index (χ4v) is 3.09. The Balaban J connectivity index is 2.34. The van der Waals surface area contributed by atoms with Gasteiger partial charge < -0.3 is 40.1 Å². The van der Waals surface area contributed by atoms with Crippen molar-refractivity contribution in [3.05, 3.63) is 23.3 Å². The summed E-state index contributed by atoms with van der Waals surface area (Å²) in [5.74, 6) is -2.82. The molecule has 0 amide bonds. The van der Waals surface area contributed by atoms with Crippen molar-refractivity contribution in [1.29, 1.82) is 0 Å². The van der Waals surface area contributed by atoms with Gasteiger partial charge in [-0.15, -0.1) is 0 Å². The fourth-order valence-electron chi connectivity index (χ4n) is 3.09. The Kier molecular flexibility index (Phi) is 7.40. The summed E-state index contributed by atoms with van der Waals surface area (Å²) in [5, 5.41) is 58.4. The number of hydrogen-bond acceptors (Lipinski definition) is 8. The number of aliphatic hydroxyl groups excluding tert-OH is 4. The van der Waals surface area contributed by atoms with E-state index in [0.717, 1.165) is 25.3 Å². The number of ether oxygens (including phenoxy) is 2. The predicted octanol–water partition coefficient (Wildman–Crippen LogP) is 0.207. The second kappa shape index (κ2) is 9.34. The van der Waals surface area contributed by atoms with Gasteiger partial charge >= 0.3 is 5.97 Å². The van der Waals surface area contributed by atoms with Crippen LogP contribution in [-0.4, -0.2) is 68.0 Å². The molecular weight excluding hydrogens is 360 g/mol. The molecule has 1 aliphatic rings. The molecule has 0 aliphatic carbocycles. The van der Waals surface area contributed by atoms with Crippen LogP contribution in [0, 0.1) is 5.92 Å². The molecule has 0 bridgehead atoms. The van der Waals surface area contributed by atoms with Gasteiger partial charge in [-0.1, -0.05) is 19.8 Å². The number of aromatic carboxylic acids is 1. The Morgan fingerprint density at radius 2 is 1.89 bits per heavy atom. The number of carboxylic acids is 1. The van der Waals surface area contributed by atoms with Gasteiger partial charge in [0, 0.05) is 6.07 Å². The number of carbonyl (C=O) groups is 1. The second-order valence-electron chi connectivity index (χ2n) is 6.58. The molecule has 0 aromatic heterocycles. The van der Waals surface area contributed by atoms with E-state index in [4.69, 9.17) is 9.47 Å². The fraction of sp³-hybridized carbons (Fsp3) is 0.611. The predicted molar refractivity (Wildman–Crippen MR) is 92.4 cm³/mol. The van der Waals surface area contributed by atoms with E-state index in [0.29, 0.717) is 12.0 Å². The lowest BCUT2D eigenvalue weighted by molar-refractivity contribution is -0.312. The van der Waals surface area contributed by atoms with Gasteiger partial charge in [0.15, 0.2) is 6.29 Å². The highest BCUT2D eigenvalue weighted by atomic mass is 16.7. The number of unbranched alkanes of at least 4 members (excludes halogenated alkanes) is 2. The molecule has 1 heterocycles. The minimum Gasteiger partial charge on any atom is -0.508 e. The third-order valence-electron chi connectivity index (χ3n) is 4.59. The molecule has 152 valence electrons. The molecule has 1 fully saturated rings. The van der Waals surface area contributed by atoms with Crippen molar-refractivity contribution in [2.75, 3.05) is 6.61 Å². The van der Waals surface area contributed by atoms with Crippen LogP contribution < -0.4 is 4.74 Å². The zero-order valence-corrected chi connectivity index (χ0v) is 15.0. The zero-order valence-electron chi connectivity index (χ0n) is 15.0. The maximum absolute atomic E-state index is 11.8. The smallest absolute Gasteiger partial charge is 0.339 e. The quantitative estimate of drug-likeness (QED) is 0.344. The highest BCUT2D eigenvalue weighted by Gasteiger charge is 2.45. The van der Waals surface area contributed by atoms with Crippen LogP contribution in [0.25, 0.3) is 0 Å². The van der Waals surface area contributed by atoms with E-state index in [9.17, 15) is 35.4 Å². The monoisotopic (exact) mass is 386 g/mol. The Morgan fingerprint density at radius 1 is 1.19 bits per heavy atom. The van der Waals surface area contributed by atoms with Gasteiger partial charge in [0.25, 0.3) is 0 Å². The van der Waals surface area contributed by atoms with Crippen LogP contribution in [0.3, 0.4) is 0 Å². The Hall–Kier alpha value is -1.91. The normalized spacial score (nSPS) is 28.1. The Labute approximate surface area is 156 Å². The Bertz CT molecular complexity index is 648. The lowest BCUT2D eigenvalue weighted by atomic mass is 9.94. The summed E-state index contributed by atoms with van der Waals surface area (Å²) in [6, 6.07) is 2.44. The summed E-state index contributed by atoms with van der Waals surface area (Å²) in [7, 11) is 0. The van der Waals surface area contributed by atoms with E-state index in [-0.39, 0.29) is 17.1 Å². The van der Waals surface area contributed by atoms with Gasteiger partial charge in [0.2, 0.25) is 6.29 Å². The van der Waals surface area contributed by atoms with Gasteiger partial charge in [-0.25, -0.2) is 4.79 Å². The van der Waals surface area contributed by atoms with Crippen LogP contribution in [-0.2, 0) is 11.2 Å². The molecule has 27 heavy (non-hydrogen) atoms. The van der Waals surface area contributed by atoms with Crippen molar-refractivity contribution in [3.63, 3.8) is 0 Å². The van der Waals surface area contributed by atoms with Crippen molar-refractivity contribution < 1.29 is 44.9 Å². The number of hydrogen-bond donors (Lipinski definition) is 6. The molecule has 9 heteroatoms. The van der Waals surface area contributed by atoms with E-state index in [1.165, 1.54) is 6.07 Å². The highest BCUT2D eigenvalue weighted by Crippen LogP contribution is 2.34. The summed E-state index contributed by atoms with van der Waals surface area (Å²) >= 11 is 0. The van der Waals surface area contributed by atoms with Crippen molar-refractivity contribution >= 4 is 5.97 Å². The van der Waals surface area contributed by atoms with Crippen LogP contribution in [0.4, 0.5) is 0 Å². The first-order chi connectivity index (χ1) is 12.8. The minimum absolute atomic E-state index is 0.167. The van der Waals surface area contributed by atoms with Gasteiger partial charge in [-0.05, 0) is 24.5 Å². The van der Waals surface area contributed by atoms with E-state index in [1.54, 1.807) is 0 Å². The highest BCUT2D eigenvalue weighted by molar-refractivity contribution is 5.93. The number of phenols is 1. The molecule has 0 saturated carbocycles. The number of aromatic hydroxyl groups is 1. The lowest BCUT2D eigenvalue weighted by Gasteiger charge is -2.39. The summed E-state index contributed by atoms with van der Waals surface area (Å²) < 4.78 is 10.6. The average molecular weight is 386 g/mol. The van der Waals surface area contributed by atoms with Crippen molar-refractivity contribution in [2.24, 2.45) is 5.92 Å². The second-order valence-corrected chi connectivity index (χ2v) is 6.58. The zero-order chi connectivity index (χ0) is 20.1. The first-order valence-electron chi connectivity index (χ1n) is 8.86. The van der Waals surface area contributed by atoms with Gasteiger partial charge in [-0.2, -0.15) is 0 Å². The third kappa shape index (κ3) is 4.88. The summed E-state index contributed by atoms with van der Waals surface area (Å²) in [5.41, 5.74) is 0.211. The minimum atomic E-state index is -1.78. The summed E-state index contributed by atoms with van der Waals surface area (Å²) in [4.78, 5) is 11.8.